The average Bonchev–Trinajstić information content (AvgIpc) is 2.61. The molecule has 1 heterocycles. The van der Waals surface area contributed by atoms with Crippen LogP contribution < -0.4 is 4.74 Å². The van der Waals surface area contributed by atoms with E-state index in [0.29, 0.717) is 11.6 Å². The predicted octanol–water partition coefficient (Wildman–Crippen LogP) is 1.54. The standard InChI is InChI=1S/C9H7N3O2/c1-14-6-2-3-8-7(4-6)9(10-5-13)12-11-8/h2-4H,1H3,(H,11,12). The Morgan fingerprint density at radius 2 is 2.43 bits per heavy atom. The Labute approximate surface area is 79.4 Å². The third kappa shape index (κ3) is 1.26. The number of nitrogens with zero attached hydrogens (tertiary/aromatic N) is 2. The van der Waals surface area contributed by atoms with Gasteiger partial charge < -0.3 is 4.74 Å². The van der Waals surface area contributed by atoms with Gasteiger partial charge in [0.1, 0.15) is 5.75 Å². The van der Waals surface area contributed by atoms with E-state index in [9.17, 15) is 4.79 Å². The normalized spacial score (nSPS) is 9.79. The summed E-state index contributed by atoms with van der Waals surface area (Å²) in [5.41, 5.74) is 0.736. The van der Waals surface area contributed by atoms with Crippen molar-refractivity contribution >= 4 is 22.8 Å². The first-order chi connectivity index (χ1) is 6.85. The largest absolute Gasteiger partial charge is 0.497 e. The van der Waals surface area contributed by atoms with Crippen LogP contribution in [0.3, 0.4) is 0 Å². The number of aliphatic imine (C=N–C) groups is 1. The molecule has 0 saturated carbocycles. The van der Waals surface area contributed by atoms with E-state index in [-0.39, 0.29) is 0 Å². The summed E-state index contributed by atoms with van der Waals surface area (Å²) in [6, 6.07) is 5.33. The molecular formula is C9H7N3O2. The molecule has 0 bridgehead atoms. The van der Waals surface area contributed by atoms with Crippen LogP contribution in [0, 0.1) is 0 Å². The Bertz CT molecular complexity index is 512. The van der Waals surface area contributed by atoms with Gasteiger partial charge in [0.15, 0.2) is 5.82 Å². The zero-order chi connectivity index (χ0) is 9.97. The Hall–Kier alpha value is -2.13. The van der Waals surface area contributed by atoms with Crippen LogP contribution in [0.1, 0.15) is 0 Å². The van der Waals surface area contributed by atoms with Crippen molar-refractivity contribution < 1.29 is 9.53 Å². The van der Waals surface area contributed by atoms with Gasteiger partial charge in [-0.2, -0.15) is 5.10 Å². The van der Waals surface area contributed by atoms with Crippen LogP contribution in [0.15, 0.2) is 23.2 Å². The molecule has 0 fully saturated rings. The van der Waals surface area contributed by atoms with Gasteiger partial charge >= 0.3 is 0 Å². The maximum atomic E-state index is 10.1. The smallest absolute Gasteiger partial charge is 0.242 e. The first-order valence-corrected chi connectivity index (χ1v) is 3.95. The number of carbonyl (C=O) groups excluding carboxylic acids is 1. The minimum absolute atomic E-state index is 0.397. The monoisotopic (exact) mass is 189 g/mol. The van der Waals surface area contributed by atoms with Crippen molar-refractivity contribution in [2.24, 2.45) is 4.99 Å². The van der Waals surface area contributed by atoms with Gasteiger partial charge in [-0.1, -0.05) is 0 Å². The van der Waals surface area contributed by atoms with Crippen LogP contribution >= 0.6 is 0 Å². The van der Waals surface area contributed by atoms with E-state index in [4.69, 9.17) is 4.74 Å². The summed E-state index contributed by atoms with van der Waals surface area (Å²) in [4.78, 5) is 13.6. The van der Waals surface area contributed by atoms with Crippen molar-refractivity contribution in [3.05, 3.63) is 18.2 Å². The number of H-pyrrole nitrogens is 1. The van der Waals surface area contributed by atoms with Gasteiger partial charge in [0.25, 0.3) is 0 Å². The van der Waals surface area contributed by atoms with Gasteiger partial charge in [-0.05, 0) is 18.2 Å². The lowest BCUT2D eigenvalue weighted by Crippen LogP contribution is -1.80. The number of hydrogen-bond acceptors (Lipinski definition) is 4. The highest BCUT2D eigenvalue weighted by Crippen LogP contribution is 2.26. The molecule has 70 valence electrons. The summed E-state index contributed by atoms with van der Waals surface area (Å²) < 4.78 is 5.04. The van der Waals surface area contributed by atoms with Crippen LogP contribution in [0.4, 0.5) is 5.82 Å². The van der Waals surface area contributed by atoms with Crippen molar-refractivity contribution in [1.82, 2.24) is 10.2 Å². The maximum absolute atomic E-state index is 10.1. The molecule has 0 saturated heterocycles. The second-order valence-corrected chi connectivity index (χ2v) is 2.66. The summed E-state index contributed by atoms with van der Waals surface area (Å²) >= 11 is 0. The van der Waals surface area contributed by atoms with Crippen LogP contribution in [0.5, 0.6) is 5.75 Å². The minimum Gasteiger partial charge on any atom is -0.497 e. The molecule has 0 aliphatic rings. The molecule has 2 rings (SSSR count). The summed E-state index contributed by atoms with van der Waals surface area (Å²) in [5, 5.41) is 7.33. The summed E-state index contributed by atoms with van der Waals surface area (Å²) in [6.45, 7) is 0. The number of hydrogen-bond donors (Lipinski definition) is 1. The second-order valence-electron chi connectivity index (χ2n) is 2.66. The molecular weight excluding hydrogens is 182 g/mol. The van der Waals surface area contributed by atoms with Crippen molar-refractivity contribution in [1.29, 1.82) is 0 Å². The molecule has 0 amide bonds. The lowest BCUT2D eigenvalue weighted by Gasteiger charge is -1.97. The number of isocyanates is 1. The Kier molecular flexibility index (Phi) is 2.01. The Morgan fingerprint density at radius 3 is 3.14 bits per heavy atom. The lowest BCUT2D eigenvalue weighted by atomic mass is 10.2. The highest BCUT2D eigenvalue weighted by atomic mass is 16.5. The zero-order valence-corrected chi connectivity index (χ0v) is 7.44. The Morgan fingerprint density at radius 1 is 1.57 bits per heavy atom. The van der Waals surface area contributed by atoms with Gasteiger partial charge in [-0.3, -0.25) is 5.10 Å². The molecule has 5 heteroatoms. The van der Waals surface area contributed by atoms with Gasteiger partial charge in [0.05, 0.1) is 18.0 Å². The first kappa shape index (κ1) is 8.47. The molecule has 0 radical (unpaired) electrons. The molecule has 0 aliphatic heterocycles. The van der Waals surface area contributed by atoms with Crippen molar-refractivity contribution in [2.75, 3.05) is 7.11 Å². The third-order valence-electron chi connectivity index (χ3n) is 1.90. The molecule has 0 unspecified atom stereocenters. The van der Waals surface area contributed by atoms with Gasteiger partial charge in [-0.15, -0.1) is 4.99 Å². The molecule has 0 spiro atoms. The highest BCUT2D eigenvalue weighted by Gasteiger charge is 2.04. The van der Waals surface area contributed by atoms with E-state index in [1.807, 2.05) is 0 Å². The van der Waals surface area contributed by atoms with Crippen LogP contribution in [0.2, 0.25) is 0 Å². The fraction of sp³-hybridized carbons (Fsp3) is 0.111. The Balaban J connectivity index is 2.69. The number of aromatic nitrogens is 2. The number of fused-ring (bicyclic) bond motifs is 1. The van der Waals surface area contributed by atoms with E-state index in [1.165, 1.54) is 6.08 Å². The topological polar surface area (TPSA) is 67.3 Å². The molecule has 1 N–H and O–H groups in total. The number of methoxy groups -OCH3 is 1. The molecule has 1 aromatic carbocycles. The van der Waals surface area contributed by atoms with E-state index < -0.39 is 0 Å². The van der Waals surface area contributed by atoms with Crippen LogP contribution in [0.25, 0.3) is 10.9 Å². The summed E-state index contributed by atoms with van der Waals surface area (Å²) in [6.07, 6.45) is 1.46. The fourth-order valence-corrected chi connectivity index (χ4v) is 1.23. The SMILES string of the molecule is COc1ccc2n[nH]c(N=C=O)c2c1. The minimum atomic E-state index is 0.397. The molecule has 5 nitrogen and oxygen atoms in total. The maximum Gasteiger partial charge on any atom is 0.242 e. The highest BCUT2D eigenvalue weighted by molar-refractivity contribution is 5.90. The lowest BCUT2D eigenvalue weighted by molar-refractivity contribution is 0.415. The van der Waals surface area contributed by atoms with E-state index in [0.717, 1.165) is 10.9 Å². The van der Waals surface area contributed by atoms with Gasteiger partial charge in [0, 0.05) is 0 Å². The van der Waals surface area contributed by atoms with E-state index in [2.05, 4.69) is 15.2 Å². The third-order valence-corrected chi connectivity index (χ3v) is 1.90. The second kappa shape index (κ2) is 3.32. The predicted molar refractivity (Wildman–Crippen MR) is 50.4 cm³/mol. The van der Waals surface area contributed by atoms with Gasteiger partial charge in [-0.25, -0.2) is 4.79 Å². The van der Waals surface area contributed by atoms with Crippen molar-refractivity contribution in [3.63, 3.8) is 0 Å². The molecule has 1 aromatic heterocycles. The fourth-order valence-electron chi connectivity index (χ4n) is 1.23. The van der Waals surface area contributed by atoms with E-state index in [1.54, 1.807) is 25.3 Å². The number of ether oxygens (including phenoxy) is 1. The number of aromatic amines is 1. The average molecular weight is 189 g/mol. The number of benzene rings is 1. The van der Waals surface area contributed by atoms with Crippen LogP contribution in [-0.2, 0) is 4.79 Å². The molecule has 0 aliphatic carbocycles. The quantitative estimate of drug-likeness (QED) is 0.575. The van der Waals surface area contributed by atoms with Crippen LogP contribution in [-0.4, -0.2) is 23.4 Å². The molecule has 2 aromatic rings. The van der Waals surface area contributed by atoms with Gasteiger partial charge in [0.2, 0.25) is 6.08 Å². The first-order valence-electron chi connectivity index (χ1n) is 3.95. The summed E-state index contributed by atoms with van der Waals surface area (Å²) in [7, 11) is 1.57. The molecule has 0 atom stereocenters. The van der Waals surface area contributed by atoms with E-state index >= 15 is 0 Å². The summed E-state index contributed by atoms with van der Waals surface area (Å²) in [5.74, 6) is 1.09. The molecule has 14 heavy (non-hydrogen) atoms. The number of nitrogens with one attached hydrogen (secondary N) is 1. The van der Waals surface area contributed by atoms with Crippen molar-refractivity contribution in [2.45, 2.75) is 0 Å². The zero-order valence-electron chi connectivity index (χ0n) is 7.44. The number of rotatable bonds is 2. The van der Waals surface area contributed by atoms with Crippen molar-refractivity contribution in [3.8, 4) is 5.75 Å².